The summed E-state index contributed by atoms with van der Waals surface area (Å²) in [5.74, 6) is -0.997. The number of esters is 1. The first kappa shape index (κ1) is 19.8. The van der Waals surface area contributed by atoms with Crippen LogP contribution >= 0.6 is 11.3 Å². The first-order chi connectivity index (χ1) is 11.6. The van der Waals surface area contributed by atoms with Crippen LogP contribution in [0.25, 0.3) is 0 Å². The van der Waals surface area contributed by atoms with Crippen molar-refractivity contribution in [3.8, 4) is 0 Å². The molecule has 0 aliphatic carbocycles. The molecular formula is C15H23N3O5S2. The zero-order valence-corrected chi connectivity index (χ0v) is 16.4. The minimum atomic E-state index is -3.22. The predicted octanol–water partition coefficient (Wildman–Crippen LogP) is 0.671. The number of carbonyl (C=O) groups excluding carboxylic acids is 2. The van der Waals surface area contributed by atoms with Crippen LogP contribution in [0.5, 0.6) is 0 Å². The third-order valence-corrected chi connectivity index (χ3v) is 6.77. The molecule has 0 saturated carbocycles. The van der Waals surface area contributed by atoms with E-state index in [4.69, 9.17) is 4.74 Å². The molecule has 0 bridgehead atoms. The third kappa shape index (κ3) is 4.56. The fourth-order valence-corrected chi connectivity index (χ4v) is 4.53. The molecule has 140 valence electrons. The molecule has 1 aromatic rings. The molecule has 1 fully saturated rings. The number of sulfonamides is 1. The highest BCUT2D eigenvalue weighted by Gasteiger charge is 2.29. The highest BCUT2D eigenvalue weighted by atomic mass is 32.2. The Morgan fingerprint density at radius 2 is 1.92 bits per heavy atom. The molecule has 25 heavy (non-hydrogen) atoms. The average Bonchev–Trinajstić information content (AvgIpc) is 2.83. The summed E-state index contributed by atoms with van der Waals surface area (Å²) in [4.78, 5) is 29.4. The molecule has 1 aliphatic heterocycles. The van der Waals surface area contributed by atoms with Gasteiger partial charge in [-0.25, -0.2) is 17.5 Å². The van der Waals surface area contributed by atoms with Crippen molar-refractivity contribution in [1.29, 1.82) is 0 Å². The highest BCUT2D eigenvalue weighted by molar-refractivity contribution is 7.88. The van der Waals surface area contributed by atoms with E-state index in [0.29, 0.717) is 41.3 Å². The van der Waals surface area contributed by atoms with E-state index in [1.165, 1.54) is 10.6 Å². The number of aromatic nitrogens is 1. The third-order valence-electron chi connectivity index (χ3n) is 4.25. The zero-order chi connectivity index (χ0) is 18.8. The molecule has 0 spiro atoms. The number of piperidine rings is 1. The molecule has 2 rings (SSSR count). The molecule has 2 heterocycles. The second-order valence-corrected chi connectivity index (χ2v) is 8.92. The van der Waals surface area contributed by atoms with Gasteiger partial charge < -0.3 is 9.30 Å². The van der Waals surface area contributed by atoms with Gasteiger partial charge in [-0.05, 0) is 26.7 Å². The molecule has 0 atom stereocenters. The lowest BCUT2D eigenvalue weighted by Gasteiger charge is -2.28. The lowest BCUT2D eigenvalue weighted by molar-refractivity contribution is -0.122. The summed E-state index contributed by atoms with van der Waals surface area (Å²) < 4.78 is 31.1. The van der Waals surface area contributed by atoms with E-state index >= 15 is 0 Å². The Kier molecular flexibility index (Phi) is 6.17. The molecule has 0 aromatic carbocycles. The van der Waals surface area contributed by atoms with E-state index in [-0.39, 0.29) is 18.4 Å². The van der Waals surface area contributed by atoms with E-state index in [1.807, 2.05) is 0 Å². The minimum Gasteiger partial charge on any atom is -0.462 e. The topological polar surface area (TPSA) is 98.0 Å². The van der Waals surface area contributed by atoms with Crippen molar-refractivity contribution in [3.05, 3.63) is 15.4 Å². The van der Waals surface area contributed by atoms with Gasteiger partial charge in [0.1, 0.15) is 4.88 Å². The van der Waals surface area contributed by atoms with Gasteiger partial charge in [0.15, 0.2) is 4.80 Å². The molecule has 0 radical (unpaired) electrons. The molecular weight excluding hydrogens is 366 g/mol. The van der Waals surface area contributed by atoms with Crippen molar-refractivity contribution in [1.82, 2.24) is 8.87 Å². The first-order valence-electron chi connectivity index (χ1n) is 8.02. The second kappa shape index (κ2) is 7.79. The molecule has 1 aliphatic rings. The van der Waals surface area contributed by atoms with Gasteiger partial charge in [0.25, 0.3) is 5.91 Å². The lowest BCUT2D eigenvalue weighted by atomic mass is 9.98. The number of amides is 1. The standard InChI is InChI=1S/C15H23N3O5S2/c1-5-23-14(20)12-10(2)17(3)15(24-12)16-13(19)11-6-8-18(9-7-11)25(4,21)22/h11H,5-9H2,1-4H3. The normalized spacial score (nSPS) is 17.7. The fourth-order valence-electron chi connectivity index (χ4n) is 2.63. The molecule has 0 N–H and O–H groups in total. The lowest BCUT2D eigenvalue weighted by Crippen LogP contribution is -2.39. The van der Waals surface area contributed by atoms with Gasteiger partial charge in [0, 0.05) is 31.7 Å². The Bertz CT molecular complexity index is 830. The van der Waals surface area contributed by atoms with Crippen LogP contribution in [0.3, 0.4) is 0 Å². The Morgan fingerprint density at radius 1 is 1.32 bits per heavy atom. The molecule has 1 aromatic heterocycles. The van der Waals surface area contributed by atoms with E-state index in [9.17, 15) is 18.0 Å². The van der Waals surface area contributed by atoms with E-state index in [2.05, 4.69) is 4.99 Å². The number of hydrogen-bond acceptors (Lipinski definition) is 6. The number of hydrogen-bond donors (Lipinski definition) is 0. The Labute approximate surface area is 151 Å². The van der Waals surface area contributed by atoms with Crippen LogP contribution < -0.4 is 4.80 Å². The maximum Gasteiger partial charge on any atom is 0.350 e. The van der Waals surface area contributed by atoms with Crippen molar-refractivity contribution in [2.24, 2.45) is 18.0 Å². The maximum atomic E-state index is 12.4. The Morgan fingerprint density at radius 3 is 2.44 bits per heavy atom. The van der Waals surface area contributed by atoms with Crippen LogP contribution in [0, 0.1) is 12.8 Å². The minimum absolute atomic E-state index is 0.277. The maximum absolute atomic E-state index is 12.4. The summed E-state index contributed by atoms with van der Waals surface area (Å²) in [6.07, 6.45) is 2.08. The van der Waals surface area contributed by atoms with Crippen LogP contribution in [0.4, 0.5) is 0 Å². The quantitative estimate of drug-likeness (QED) is 0.705. The zero-order valence-electron chi connectivity index (χ0n) is 14.8. The van der Waals surface area contributed by atoms with Crippen molar-refractivity contribution >= 4 is 33.2 Å². The molecule has 1 amide bonds. The molecule has 0 unspecified atom stereocenters. The SMILES string of the molecule is CCOC(=O)c1sc(=NC(=O)C2CCN(S(C)(=O)=O)CC2)n(C)c1C. The van der Waals surface area contributed by atoms with Crippen LogP contribution in [0.2, 0.25) is 0 Å². The average molecular weight is 389 g/mol. The van der Waals surface area contributed by atoms with Gasteiger partial charge in [-0.1, -0.05) is 11.3 Å². The van der Waals surface area contributed by atoms with Crippen LogP contribution in [-0.4, -0.2) is 55.1 Å². The van der Waals surface area contributed by atoms with Gasteiger partial charge in [-0.2, -0.15) is 4.99 Å². The number of rotatable bonds is 4. The summed E-state index contributed by atoms with van der Waals surface area (Å²) in [5, 5.41) is 0. The first-order valence-corrected chi connectivity index (χ1v) is 10.7. The van der Waals surface area contributed by atoms with Crippen LogP contribution in [0.15, 0.2) is 4.99 Å². The van der Waals surface area contributed by atoms with Gasteiger partial charge in [-0.3, -0.25) is 4.79 Å². The van der Waals surface area contributed by atoms with Gasteiger partial charge in [0.05, 0.1) is 12.9 Å². The fraction of sp³-hybridized carbons (Fsp3) is 0.667. The summed E-state index contributed by atoms with van der Waals surface area (Å²) in [6, 6.07) is 0. The van der Waals surface area contributed by atoms with E-state index < -0.39 is 16.0 Å². The van der Waals surface area contributed by atoms with Gasteiger partial charge in [0.2, 0.25) is 10.0 Å². The number of ether oxygens (including phenoxy) is 1. The van der Waals surface area contributed by atoms with Crippen molar-refractivity contribution in [3.63, 3.8) is 0 Å². The smallest absolute Gasteiger partial charge is 0.350 e. The largest absolute Gasteiger partial charge is 0.462 e. The molecule has 8 nitrogen and oxygen atoms in total. The van der Waals surface area contributed by atoms with Crippen LogP contribution in [-0.2, 0) is 26.6 Å². The van der Waals surface area contributed by atoms with Crippen LogP contribution in [0.1, 0.15) is 35.1 Å². The van der Waals surface area contributed by atoms with E-state index in [1.54, 1.807) is 25.5 Å². The van der Waals surface area contributed by atoms with Gasteiger partial charge >= 0.3 is 5.97 Å². The summed E-state index contributed by atoms with van der Waals surface area (Å²) in [5.41, 5.74) is 0.696. The molecule has 10 heteroatoms. The highest BCUT2D eigenvalue weighted by Crippen LogP contribution is 2.20. The summed E-state index contributed by atoms with van der Waals surface area (Å²) >= 11 is 1.13. The van der Waals surface area contributed by atoms with Crippen molar-refractivity contribution in [2.75, 3.05) is 26.0 Å². The number of nitrogens with zero attached hydrogens (tertiary/aromatic N) is 3. The Balaban J connectivity index is 2.17. The van der Waals surface area contributed by atoms with E-state index in [0.717, 1.165) is 11.3 Å². The number of thiazole rings is 1. The molecule has 1 saturated heterocycles. The number of carbonyl (C=O) groups is 2. The predicted molar refractivity (Wildman–Crippen MR) is 93.7 cm³/mol. The van der Waals surface area contributed by atoms with Crippen molar-refractivity contribution < 1.29 is 22.7 Å². The Hall–Kier alpha value is -1.52. The summed E-state index contributed by atoms with van der Waals surface area (Å²) in [6.45, 7) is 4.45. The van der Waals surface area contributed by atoms with Gasteiger partial charge in [-0.15, -0.1) is 0 Å². The van der Waals surface area contributed by atoms with Crippen molar-refractivity contribution in [2.45, 2.75) is 26.7 Å². The second-order valence-electron chi connectivity index (χ2n) is 5.97. The monoisotopic (exact) mass is 389 g/mol. The summed E-state index contributed by atoms with van der Waals surface area (Å²) in [7, 11) is -1.48.